The monoisotopic (exact) mass is 478 g/mol. The van der Waals surface area contributed by atoms with Crippen LogP contribution in [0.1, 0.15) is 57.8 Å². The van der Waals surface area contributed by atoms with Crippen LogP contribution in [0.15, 0.2) is 57.6 Å². The molecule has 8 heteroatoms. The summed E-state index contributed by atoms with van der Waals surface area (Å²) < 4.78 is 1.32. The first kappa shape index (κ1) is 23.8. The van der Waals surface area contributed by atoms with Crippen molar-refractivity contribution in [2.75, 3.05) is 17.2 Å². The van der Waals surface area contributed by atoms with Crippen LogP contribution < -0.4 is 21.9 Å². The molecule has 1 aliphatic carbocycles. The molecular weight excluding hydrogens is 448 g/mol. The average Bonchev–Trinajstić information content (AvgIpc) is 3.17. The summed E-state index contributed by atoms with van der Waals surface area (Å²) in [5.74, 6) is -0.284. The topological polar surface area (TPSA) is 101 Å². The number of nitrogens with two attached hydrogens (primary N) is 1. The van der Waals surface area contributed by atoms with Gasteiger partial charge >= 0.3 is 5.69 Å². The lowest BCUT2D eigenvalue weighted by Crippen LogP contribution is -2.42. The number of carbonyl (C=O) groups is 1. The Kier molecular flexibility index (Phi) is 7.17. The van der Waals surface area contributed by atoms with Gasteiger partial charge in [-0.2, -0.15) is 0 Å². The van der Waals surface area contributed by atoms with Crippen LogP contribution in [0.4, 0.5) is 11.5 Å². The fraction of sp³-hybridized carbons (Fsp3) is 0.346. The van der Waals surface area contributed by atoms with Gasteiger partial charge in [0.1, 0.15) is 5.82 Å². The van der Waals surface area contributed by atoms with Crippen molar-refractivity contribution >= 4 is 28.7 Å². The molecule has 4 rings (SSSR count). The molecule has 0 radical (unpaired) electrons. The highest BCUT2D eigenvalue weighted by Crippen LogP contribution is 2.28. The molecule has 7 nitrogen and oxygen atoms in total. The number of benzene rings is 1. The average molecular weight is 479 g/mol. The number of nitrogens with one attached hydrogen (secondary N) is 1. The van der Waals surface area contributed by atoms with Gasteiger partial charge < -0.3 is 10.6 Å². The van der Waals surface area contributed by atoms with Crippen LogP contribution in [-0.2, 0) is 6.54 Å². The quantitative estimate of drug-likeness (QED) is 0.492. The van der Waals surface area contributed by atoms with Crippen molar-refractivity contribution in [1.82, 2.24) is 9.55 Å². The van der Waals surface area contributed by atoms with E-state index in [0.717, 1.165) is 34.6 Å². The number of nitrogen functional groups attached to an aromatic ring is 1. The zero-order chi connectivity index (χ0) is 24.2. The van der Waals surface area contributed by atoms with E-state index in [9.17, 15) is 14.4 Å². The van der Waals surface area contributed by atoms with Gasteiger partial charge in [-0.05, 0) is 57.6 Å². The number of anilines is 2. The first-order chi connectivity index (χ1) is 16.3. The number of hydrogen-bond donors (Lipinski definition) is 2. The van der Waals surface area contributed by atoms with Gasteiger partial charge in [-0.15, -0.1) is 11.3 Å². The van der Waals surface area contributed by atoms with Crippen molar-refractivity contribution in [1.29, 1.82) is 0 Å². The van der Waals surface area contributed by atoms with Crippen LogP contribution in [-0.4, -0.2) is 22.0 Å². The van der Waals surface area contributed by atoms with E-state index in [1.165, 1.54) is 21.5 Å². The summed E-state index contributed by atoms with van der Waals surface area (Å²) in [7, 11) is 0. The number of thiophene rings is 1. The number of nitrogens with zero attached hydrogens (tertiary/aromatic N) is 2. The summed E-state index contributed by atoms with van der Waals surface area (Å²) in [4.78, 5) is 45.2. The number of amides is 1. The van der Waals surface area contributed by atoms with E-state index < -0.39 is 11.2 Å². The Morgan fingerprint density at radius 2 is 1.94 bits per heavy atom. The zero-order valence-corrected chi connectivity index (χ0v) is 20.4. The van der Waals surface area contributed by atoms with Crippen LogP contribution in [0, 0.1) is 13.8 Å². The number of H-pyrrole nitrogens is 1. The van der Waals surface area contributed by atoms with Crippen LogP contribution in [0.2, 0.25) is 0 Å². The summed E-state index contributed by atoms with van der Waals surface area (Å²) in [5, 5.41) is 0. The molecule has 3 aromatic rings. The molecule has 2 aromatic heterocycles. The summed E-state index contributed by atoms with van der Waals surface area (Å²) in [6, 6.07) is 11.2. The summed E-state index contributed by atoms with van der Waals surface area (Å²) in [5.41, 5.74) is 7.93. The molecule has 34 heavy (non-hydrogen) atoms. The van der Waals surface area contributed by atoms with E-state index in [1.807, 2.05) is 50.2 Å². The number of allylic oxidation sites excluding steroid dienone is 1. The van der Waals surface area contributed by atoms with Crippen LogP contribution in [0.25, 0.3) is 0 Å². The van der Waals surface area contributed by atoms with Crippen molar-refractivity contribution in [3.8, 4) is 0 Å². The molecule has 2 heterocycles. The molecule has 1 amide bonds. The van der Waals surface area contributed by atoms with Crippen molar-refractivity contribution in [3.63, 3.8) is 0 Å². The SMILES string of the molecule is Cc1cc(C(=O)N(CCC2=CCCCC2)c2c(N)n(Cc3ccccc3)c(=O)[nH]c2=O)c(C)s1. The van der Waals surface area contributed by atoms with Crippen molar-refractivity contribution in [2.45, 2.75) is 52.5 Å². The van der Waals surface area contributed by atoms with Crippen LogP contribution >= 0.6 is 11.3 Å². The second kappa shape index (κ2) is 10.3. The molecule has 3 N–H and O–H groups in total. The van der Waals surface area contributed by atoms with Gasteiger partial charge in [-0.3, -0.25) is 19.1 Å². The van der Waals surface area contributed by atoms with E-state index in [4.69, 9.17) is 5.73 Å². The van der Waals surface area contributed by atoms with Crippen molar-refractivity contribution in [3.05, 3.63) is 89.8 Å². The fourth-order valence-electron chi connectivity index (χ4n) is 4.45. The normalized spacial score (nSPS) is 13.5. The summed E-state index contributed by atoms with van der Waals surface area (Å²) >= 11 is 1.54. The van der Waals surface area contributed by atoms with Gasteiger partial charge in [-0.1, -0.05) is 42.0 Å². The lowest BCUT2D eigenvalue weighted by Gasteiger charge is -2.25. The van der Waals surface area contributed by atoms with E-state index in [2.05, 4.69) is 11.1 Å². The largest absolute Gasteiger partial charge is 0.383 e. The van der Waals surface area contributed by atoms with E-state index in [0.29, 0.717) is 18.5 Å². The second-order valence-corrected chi connectivity index (χ2v) is 10.2. The van der Waals surface area contributed by atoms with E-state index >= 15 is 0 Å². The molecule has 0 spiro atoms. The highest BCUT2D eigenvalue weighted by molar-refractivity contribution is 7.12. The minimum atomic E-state index is -0.651. The number of rotatable bonds is 7. The van der Waals surface area contributed by atoms with Crippen molar-refractivity contribution in [2.24, 2.45) is 0 Å². The highest BCUT2D eigenvalue weighted by atomic mass is 32.1. The van der Waals surface area contributed by atoms with Crippen molar-refractivity contribution < 1.29 is 4.79 Å². The number of aryl methyl sites for hydroxylation is 2. The Bertz CT molecular complexity index is 1330. The maximum absolute atomic E-state index is 13.7. The maximum atomic E-state index is 13.7. The van der Waals surface area contributed by atoms with Crippen LogP contribution in [0.3, 0.4) is 0 Å². The predicted molar refractivity (Wildman–Crippen MR) is 138 cm³/mol. The first-order valence-corrected chi connectivity index (χ1v) is 12.4. The lowest BCUT2D eigenvalue weighted by molar-refractivity contribution is 0.0986. The molecule has 0 saturated carbocycles. The summed E-state index contributed by atoms with van der Waals surface area (Å²) in [6.07, 6.45) is 7.24. The number of hydrogen-bond acceptors (Lipinski definition) is 5. The molecule has 1 aromatic carbocycles. The van der Waals surface area contributed by atoms with Gasteiger partial charge in [0.15, 0.2) is 5.69 Å². The molecular formula is C26H30N4O3S. The fourth-order valence-corrected chi connectivity index (χ4v) is 5.37. The molecule has 1 aliphatic rings. The lowest BCUT2D eigenvalue weighted by atomic mass is 9.97. The second-order valence-electron chi connectivity index (χ2n) is 8.71. The van der Waals surface area contributed by atoms with Gasteiger partial charge in [0, 0.05) is 16.3 Å². The smallest absolute Gasteiger partial charge is 0.330 e. The molecule has 0 saturated heterocycles. The predicted octanol–water partition coefficient (Wildman–Crippen LogP) is 4.38. The number of aromatic amines is 1. The Hall–Kier alpha value is -3.39. The van der Waals surface area contributed by atoms with Gasteiger partial charge in [0.2, 0.25) is 0 Å². The van der Waals surface area contributed by atoms with E-state index in [-0.39, 0.29) is 24.0 Å². The minimum Gasteiger partial charge on any atom is -0.383 e. The Labute approximate surface area is 202 Å². The summed E-state index contributed by atoms with van der Waals surface area (Å²) in [6.45, 7) is 4.36. The minimum absolute atomic E-state index is 0.00631. The van der Waals surface area contributed by atoms with Gasteiger partial charge in [0.05, 0.1) is 12.1 Å². The molecule has 178 valence electrons. The Morgan fingerprint density at radius 3 is 2.59 bits per heavy atom. The Balaban J connectivity index is 1.78. The third-order valence-electron chi connectivity index (χ3n) is 6.23. The molecule has 0 atom stereocenters. The molecule has 0 unspecified atom stereocenters. The zero-order valence-electron chi connectivity index (χ0n) is 19.6. The number of carbonyl (C=O) groups excluding carboxylic acids is 1. The standard InChI is InChI=1S/C26H30N4O3S/c1-17-15-21(18(2)34-17)25(32)29(14-13-19-9-5-3-6-10-19)22-23(27)30(26(33)28-24(22)31)16-20-11-7-4-8-12-20/h4,7-9,11-12,15H,3,5-6,10,13-14,16,27H2,1-2H3,(H,28,31,33). The Morgan fingerprint density at radius 1 is 1.18 bits per heavy atom. The molecule has 0 bridgehead atoms. The van der Waals surface area contributed by atoms with Gasteiger partial charge in [-0.25, -0.2) is 4.79 Å². The van der Waals surface area contributed by atoms with Crippen LogP contribution in [0.5, 0.6) is 0 Å². The maximum Gasteiger partial charge on any atom is 0.330 e. The first-order valence-electron chi connectivity index (χ1n) is 11.6. The molecule has 0 aliphatic heterocycles. The molecule has 0 fully saturated rings. The highest BCUT2D eigenvalue weighted by Gasteiger charge is 2.27. The third kappa shape index (κ3) is 5.07. The van der Waals surface area contributed by atoms with E-state index in [1.54, 1.807) is 11.3 Å². The number of aromatic nitrogens is 2. The van der Waals surface area contributed by atoms with Gasteiger partial charge in [0.25, 0.3) is 11.5 Å². The third-order valence-corrected chi connectivity index (χ3v) is 7.19.